The van der Waals surface area contributed by atoms with E-state index in [4.69, 9.17) is 4.74 Å². The maximum absolute atomic E-state index is 12.6. The third-order valence-corrected chi connectivity index (χ3v) is 3.72. The number of hydrogen-bond acceptors (Lipinski definition) is 3. The first-order valence-corrected chi connectivity index (χ1v) is 7.62. The molecule has 0 aromatic heterocycles. The average Bonchev–Trinajstić information content (AvgIpc) is 2.59. The van der Waals surface area contributed by atoms with Gasteiger partial charge >= 0.3 is 6.03 Å². The highest BCUT2D eigenvalue weighted by Crippen LogP contribution is 2.20. The Hall–Kier alpha value is -2.24. The number of ether oxygens (including phenoxy) is 1. The Labute approximate surface area is 131 Å². The minimum atomic E-state index is -0.0499. The minimum Gasteiger partial charge on any atom is -0.496 e. The van der Waals surface area contributed by atoms with Gasteiger partial charge < -0.3 is 19.9 Å². The SMILES string of the molecule is CCCNC(=O)N1CCN(C(=O)c2ccccc2OC)CC1. The largest absolute Gasteiger partial charge is 0.496 e. The first-order valence-electron chi connectivity index (χ1n) is 7.62. The van der Waals surface area contributed by atoms with Crippen molar-refractivity contribution in [1.29, 1.82) is 0 Å². The van der Waals surface area contributed by atoms with Gasteiger partial charge in [0.2, 0.25) is 0 Å². The van der Waals surface area contributed by atoms with E-state index < -0.39 is 0 Å². The van der Waals surface area contributed by atoms with Gasteiger partial charge in [0, 0.05) is 32.7 Å². The molecule has 0 unspecified atom stereocenters. The molecule has 1 aliphatic heterocycles. The smallest absolute Gasteiger partial charge is 0.317 e. The fraction of sp³-hybridized carbons (Fsp3) is 0.500. The predicted octanol–water partition coefficient (Wildman–Crippen LogP) is 1.57. The fourth-order valence-corrected chi connectivity index (χ4v) is 2.45. The number of benzene rings is 1. The summed E-state index contributed by atoms with van der Waals surface area (Å²) in [6, 6.07) is 7.16. The van der Waals surface area contributed by atoms with Crippen molar-refractivity contribution < 1.29 is 14.3 Å². The lowest BCUT2D eigenvalue weighted by molar-refractivity contribution is 0.0662. The van der Waals surface area contributed by atoms with E-state index in [1.54, 1.807) is 29.0 Å². The van der Waals surface area contributed by atoms with Crippen LogP contribution in [-0.4, -0.2) is 61.6 Å². The van der Waals surface area contributed by atoms with Crippen LogP contribution >= 0.6 is 0 Å². The number of rotatable bonds is 4. The molecule has 0 radical (unpaired) electrons. The second-order valence-electron chi connectivity index (χ2n) is 5.21. The zero-order valence-electron chi connectivity index (χ0n) is 13.2. The van der Waals surface area contributed by atoms with Gasteiger partial charge in [0.25, 0.3) is 5.91 Å². The molecule has 1 fully saturated rings. The number of piperazine rings is 1. The van der Waals surface area contributed by atoms with Crippen molar-refractivity contribution in [1.82, 2.24) is 15.1 Å². The number of carbonyl (C=O) groups is 2. The number of nitrogens with one attached hydrogen (secondary N) is 1. The Bertz CT molecular complexity index is 525. The quantitative estimate of drug-likeness (QED) is 0.918. The van der Waals surface area contributed by atoms with E-state index in [1.165, 1.54) is 0 Å². The summed E-state index contributed by atoms with van der Waals surface area (Å²) in [4.78, 5) is 28.0. The summed E-state index contributed by atoms with van der Waals surface area (Å²) < 4.78 is 5.24. The fourth-order valence-electron chi connectivity index (χ4n) is 2.45. The van der Waals surface area contributed by atoms with Gasteiger partial charge in [-0.25, -0.2) is 4.79 Å². The average molecular weight is 305 g/mol. The molecular formula is C16H23N3O3. The van der Waals surface area contributed by atoms with E-state index in [-0.39, 0.29) is 11.9 Å². The Morgan fingerprint density at radius 2 is 1.77 bits per heavy atom. The van der Waals surface area contributed by atoms with Crippen LogP contribution in [0.1, 0.15) is 23.7 Å². The molecule has 0 aliphatic carbocycles. The van der Waals surface area contributed by atoms with Gasteiger partial charge in [-0.15, -0.1) is 0 Å². The number of urea groups is 1. The van der Waals surface area contributed by atoms with Crippen molar-refractivity contribution in [3.63, 3.8) is 0 Å². The molecule has 0 bridgehead atoms. The third kappa shape index (κ3) is 3.69. The Balaban J connectivity index is 1.94. The number of carbonyl (C=O) groups excluding carboxylic acids is 2. The van der Waals surface area contributed by atoms with E-state index >= 15 is 0 Å². The molecular weight excluding hydrogens is 282 g/mol. The lowest BCUT2D eigenvalue weighted by atomic mass is 10.1. The summed E-state index contributed by atoms with van der Waals surface area (Å²) >= 11 is 0. The molecule has 2 rings (SSSR count). The highest BCUT2D eigenvalue weighted by atomic mass is 16.5. The Morgan fingerprint density at radius 1 is 1.14 bits per heavy atom. The van der Waals surface area contributed by atoms with E-state index in [9.17, 15) is 9.59 Å². The predicted molar refractivity (Wildman–Crippen MR) is 84.2 cm³/mol. The molecule has 1 N–H and O–H groups in total. The lowest BCUT2D eigenvalue weighted by Gasteiger charge is -2.34. The van der Waals surface area contributed by atoms with Gasteiger partial charge in [-0.3, -0.25) is 4.79 Å². The number of hydrogen-bond donors (Lipinski definition) is 1. The van der Waals surface area contributed by atoms with Crippen molar-refractivity contribution in [2.45, 2.75) is 13.3 Å². The molecule has 1 aromatic rings. The second-order valence-corrected chi connectivity index (χ2v) is 5.21. The van der Waals surface area contributed by atoms with Crippen LogP contribution < -0.4 is 10.1 Å². The molecule has 0 spiro atoms. The van der Waals surface area contributed by atoms with E-state index in [1.807, 2.05) is 19.1 Å². The molecule has 3 amide bonds. The second kappa shape index (κ2) is 7.68. The van der Waals surface area contributed by atoms with Crippen LogP contribution in [-0.2, 0) is 0 Å². The third-order valence-electron chi connectivity index (χ3n) is 3.72. The van der Waals surface area contributed by atoms with Crippen LogP contribution in [0, 0.1) is 0 Å². The van der Waals surface area contributed by atoms with Crippen LogP contribution in [0.4, 0.5) is 4.79 Å². The zero-order valence-corrected chi connectivity index (χ0v) is 13.2. The van der Waals surface area contributed by atoms with Gasteiger partial charge in [-0.05, 0) is 18.6 Å². The van der Waals surface area contributed by atoms with Crippen LogP contribution in [0.15, 0.2) is 24.3 Å². The summed E-state index contributed by atoms with van der Waals surface area (Å²) in [7, 11) is 1.56. The molecule has 6 nitrogen and oxygen atoms in total. The maximum Gasteiger partial charge on any atom is 0.317 e. The number of para-hydroxylation sites is 1. The number of methoxy groups -OCH3 is 1. The molecule has 0 atom stereocenters. The van der Waals surface area contributed by atoms with Crippen molar-refractivity contribution in [3.8, 4) is 5.75 Å². The normalized spacial score (nSPS) is 14.6. The molecule has 1 aromatic carbocycles. The van der Waals surface area contributed by atoms with E-state index in [0.717, 1.165) is 6.42 Å². The molecule has 22 heavy (non-hydrogen) atoms. The van der Waals surface area contributed by atoms with Crippen LogP contribution in [0.3, 0.4) is 0 Å². The molecule has 0 saturated carbocycles. The summed E-state index contributed by atoms with van der Waals surface area (Å²) in [5.41, 5.74) is 0.564. The molecule has 6 heteroatoms. The van der Waals surface area contributed by atoms with Crippen LogP contribution in [0.2, 0.25) is 0 Å². The molecule has 1 saturated heterocycles. The van der Waals surface area contributed by atoms with E-state index in [0.29, 0.717) is 44.0 Å². The monoisotopic (exact) mass is 305 g/mol. The minimum absolute atomic E-state index is 0.0498. The number of nitrogens with zero attached hydrogens (tertiary/aromatic N) is 2. The first-order chi connectivity index (χ1) is 10.7. The van der Waals surface area contributed by atoms with Gasteiger partial charge in [0.05, 0.1) is 12.7 Å². The Kier molecular flexibility index (Phi) is 5.63. The first kappa shape index (κ1) is 16.1. The van der Waals surface area contributed by atoms with Crippen LogP contribution in [0.25, 0.3) is 0 Å². The van der Waals surface area contributed by atoms with E-state index in [2.05, 4.69) is 5.32 Å². The van der Waals surface area contributed by atoms with Crippen molar-refractivity contribution in [3.05, 3.63) is 29.8 Å². The molecule has 120 valence electrons. The summed E-state index contributed by atoms with van der Waals surface area (Å²) in [5, 5.41) is 2.86. The van der Waals surface area contributed by atoms with Crippen LogP contribution in [0.5, 0.6) is 5.75 Å². The molecule has 1 heterocycles. The highest BCUT2D eigenvalue weighted by Gasteiger charge is 2.25. The zero-order chi connectivity index (χ0) is 15.9. The maximum atomic E-state index is 12.6. The number of amides is 3. The topological polar surface area (TPSA) is 61.9 Å². The van der Waals surface area contributed by atoms with Crippen molar-refractivity contribution in [2.24, 2.45) is 0 Å². The van der Waals surface area contributed by atoms with Crippen molar-refractivity contribution >= 4 is 11.9 Å². The summed E-state index contributed by atoms with van der Waals surface area (Å²) in [6.07, 6.45) is 0.915. The standard InChI is InChI=1S/C16H23N3O3/c1-3-8-17-16(21)19-11-9-18(10-12-19)15(20)13-6-4-5-7-14(13)22-2/h4-7H,3,8-12H2,1-2H3,(H,17,21). The van der Waals surface area contributed by atoms with Gasteiger partial charge in [0.1, 0.15) is 5.75 Å². The summed E-state index contributed by atoms with van der Waals surface area (Å²) in [5.74, 6) is 0.529. The lowest BCUT2D eigenvalue weighted by Crippen LogP contribution is -2.53. The van der Waals surface area contributed by atoms with Crippen molar-refractivity contribution in [2.75, 3.05) is 39.8 Å². The molecule has 1 aliphatic rings. The van der Waals surface area contributed by atoms with Gasteiger partial charge in [-0.1, -0.05) is 19.1 Å². The highest BCUT2D eigenvalue weighted by molar-refractivity contribution is 5.97. The summed E-state index contributed by atoms with van der Waals surface area (Å²) in [6.45, 7) is 4.88. The van der Waals surface area contributed by atoms with Gasteiger partial charge in [-0.2, -0.15) is 0 Å². The van der Waals surface area contributed by atoms with Gasteiger partial charge in [0.15, 0.2) is 0 Å². The Morgan fingerprint density at radius 3 is 2.41 bits per heavy atom.